The molecular formula is C15H22O2. The zero-order valence-corrected chi connectivity index (χ0v) is 10.3. The molecule has 0 radical (unpaired) electrons. The molecular weight excluding hydrogens is 212 g/mol. The van der Waals surface area contributed by atoms with E-state index >= 15 is 0 Å². The maximum absolute atomic E-state index is 10.2. The van der Waals surface area contributed by atoms with Crippen molar-refractivity contribution in [2.24, 2.45) is 0 Å². The standard InChI is InChI=1S/C15H22O2/c1-2-3-4-5-6-7-8-9-10-11-12-13-14-15(16)17/h2,5-6,9-10,13-14H,1,3-4,7-8,11-12H2,(H,16,17). The molecule has 0 spiro atoms. The van der Waals surface area contributed by atoms with Gasteiger partial charge in [-0.15, -0.1) is 6.58 Å². The van der Waals surface area contributed by atoms with Gasteiger partial charge < -0.3 is 5.11 Å². The van der Waals surface area contributed by atoms with Crippen LogP contribution in [0.25, 0.3) is 0 Å². The van der Waals surface area contributed by atoms with Gasteiger partial charge in [0.15, 0.2) is 0 Å². The van der Waals surface area contributed by atoms with Crippen LogP contribution in [0.15, 0.2) is 49.1 Å². The summed E-state index contributed by atoms with van der Waals surface area (Å²) in [4.78, 5) is 10.2. The summed E-state index contributed by atoms with van der Waals surface area (Å²) < 4.78 is 0. The molecule has 0 aromatic carbocycles. The Labute approximate surface area is 104 Å². The van der Waals surface area contributed by atoms with Crippen LogP contribution in [0.1, 0.15) is 38.5 Å². The van der Waals surface area contributed by atoms with Gasteiger partial charge in [0.05, 0.1) is 0 Å². The van der Waals surface area contributed by atoms with Gasteiger partial charge in [-0.3, -0.25) is 0 Å². The van der Waals surface area contributed by atoms with Gasteiger partial charge in [0.25, 0.3) is 0 Å². The second-order valence-electron chi connectivity index (χ2n) is 3.70. The third kappa shape index (κ3) is 14.4. The molecule has 0 heterocycles. The van der Waals surface area contributed by atoms with Crippen LogP contribution in [-0.4, -0.2) is 11.1 Å². The Kier molecular flexibility index (Phi) is 11.3. The number of hydrogen-bond donors (Lipinski definition) is 1. The SMILES string of the molecule is C=CCCC=CCCC=CCCC=CC(=O)O. The quantitative estimate of drug-likeness (QED) is 0.348. The Morgan fingerprint density at radius 2 is 1.24 bits per heavy atom. The molecule has 0 aliphatic rings. The van der Waals surface area contributed by atoms with E-state index < -0.39 is 5.97 Å². The van der Waals surface area contributed by atoms with Crippen molar-refractivity contribution >= 4 is 5.97 Å². The smallest absolute Gasteiger partial charge is 0.327 e. The Hall–Kier alpha value is -1.57. The van der Waals surface area contributed by atoms with Crippen LogP contribution in [0.4, 0.5) is 0 Å². The van der Waals surface area contributed by atoms with Crippen LogP contribution in [-0.2, 0) is 4.79 Å². The zero-order chi connectivity index (χ0) is 12.8. The molecule has 0 amide bonds. The second kappa shape index (κ2) is 12.5. The summed E-state index contributed by atoms with van der Waals surface area (Å²) in [5.74, 6) is -0.876. The molecule has 0 rings (SSSR count). The molecule has 0 aliphatic carbocycles. The molecule has 0 unspecified atom stereocenters. The van der Waals surface area contributed by atoms with Crippen LogP contribution in [0, 0.1) is 0 Å². The lowest BCUT2D eigenvalue weighted by atomic mass is 10.2. The van der Waals surface area contributed by atoms with Crippen LogP contribution in [0.2, 0.25) is 0 Å². The van der Waals surface area contributed by atoms with Gasteiger partial charge in [0.2, 0.25) is 0 Å². The summed E-state index contributed by atoms with van der Waals surface area (Å²) in [5.41, 5.74) is 0. The van der Waals surface area contributed by atoms with E-state index in [1.165, 1.54) is 6.08 Å². The van der Waals surface area contributed by atoms with Gasteiger partial charge >= 0.3 is 5.97 Å². The lowest BCUT2D eigenvalue weighted by molar-refractivity contribution is -0.131. The van der Waals surface area contributed by atoms with Crippen LogP contribution >= 0.6 is 0 Å². The molecule has 1 N–H and O–H groups in total. The van der Waals surface area contributed by atoms with Crippen molar-refractivity contribution in [3.05, 3.63) is 49.1 Å². The van der Waals surface area contributed by atoms with Crippen molar-refractivity contribution in [1.29, 1.82) is 0 Å². The number of aliphatic carboxylic acids is 1. The average Bonchev–Trinajstić information content (AvgIpc) is 2.30. The number of carboxylic acid groups (broad SMARTS) is 1. The van der Waals surface area contributed by atoms with Crippen LogP contribution in [0.5, 0.6) is 0 Å². The van der Waals surface area contributed by atoms with E-state index in [1.807, 2.05) is 6.08 Å². The largest absolute Gasteiger partial charge is 0.478 e. The summed E-state index contributed by atoms with van der Waals surface area (Å²) in [6, 6.07) is 0. The van der Waals surface area contributed by atoms with Crippen LogP contribution in [0.3, 0.4) is 0 Å². The van der Waals surface area contributed by atoms with Gasteiger partial charge in [-0.05, 0) is 38.5 Å². The predicted molar refractivity (Wildman–Crippen MR) is 73.0 cm³/mol. The normalized spacial score (nSPS) is 11.8. The topological polar surface area (TPSA) is 37.3 Å². The minimum Gasteiger partial charge on any atom is -0.478 e. The number of unbranched alkanes of at least 4 members (excludes halogenated alkanes) is 3. The number of hydrogen-bond acceptors (Lipinski definition) is 1. The van der Waals surface area contributed by atoms with E-state index in [0.717, 1.165) is 38.5 Å². The number of carbonyl (C=O) groups is 1. The number of carboxylic acids is 1. The third-order valence-electron chi connectivity index (χ3n) is 2.13. The summed E-state index contributed by atoms with van der Waals surface area (Å²) >= 11 is 0. The van der Waals surface area contributed by atoms with E-state index in [4.69, 9.17) is 5.11 Å². The third-order valence-corrected chi connectivity index (χ3v) is 2.13. The first-order chi connectivity index (χ1) is 8.27. The van der Waals surface area contributed by atoms with Crippen molar-refractivity contribution in [2.45, 2.75) is 38.5 Å². The highest BCUT2D eigenvalue weighted by Crippen LogP contribution is 1.99. The maximum Gasteiger partial charge on any atom is 0.327 e. The molecule has 2 heteroatoms. The first-order valence-electron chi connectivity index (χ1n) is 6.07. The van der Waals surface area contributed by atoms with E-state index in [2.05, 4.69) is 30.9 Å². The van der Waals surface area contributed by atoms with Crippen molar-refractivity contribution in [1.82, 2.24) is 0 Å². The fourth-order valence-electron chi connectivity index (χ4n) is 1.25. The summed E-state index contributed by atoms with van der Waals surface area (Å²) in [7, 11) is 0. The van der Waals surface area contributed by atoms with E-state index in [-0.39, 0.29) is 0 Å². The molecule has 0 aromatic heterocycles. The molecule has 0 bridgehead atoms. The Morgan fingerprint density at radius 1 is 0.824 bits per heavy atom. The monoisotopic (exact) mass is 234 g/mol. The van der Waals surface area contributed by atoms with Gasteiger partial charge in [0.1, 0.15) is 0 Å². The molecule has 0 saturated heterocycles. The Morgan fingerprint density at radius 3 is 1.65 bits per heavy atom. The molecule has 0 aromatic rings. The van der Waals surface area contributed by atoms with Crippen LogP contribution < -0.4 is 0 Å². The van der Waals surface area contributed by atoms with Gasteiger partial charge in [-0.25, -0.2) is 4.79 Å². The molecule has 0 saturated carbocycles. The highest BCUT2D eigenvalue weighted by atomic mass is 16.4. The van der Waals surface area contributed by atoms with Gasteiger partial charge in [0, 0.05) is 6.08 Å². The minimum absolute atomic E-state index is 0.790. The highest BCUT2D eigenvalue weighted by Gasteiger charge is 1.83. The molecule has 2 nitrogen and oxygen atoms in total. The molecule has 0 atom stereocenters. The lowest BCUT2D eigenvalue weighted by Gasteiger charge is -1.89. The average molecular weight is 234 g/mol. The van der Waals surface area contributed by atoms with Crippen molar-refractivity contribution < 1.29 is 9.90 Å². The predicted octanol–water partition coefficient (Wildman–Crippen LogP) is 4.27. The summed E-state index contributed by atoms with van der Waals surface area (Å²) in [5, 5.41) is 8.36. The van der Waals surface area contributed by atoms with Crippen molar-refractivity contribution in [3.63, 3.8) is 0 Å². The first-order valence-corrected chi connectivity index (χ1v) is 6.07. The Bertz CT molecular complexity index is 285. The molecule has 94 valence electrons. The molecule has 17 heavy (non-hydrogen) atoms. The number of allylic oxidation sites excluding steroid dienone is 6. The van der Waals surface area contributed by atoms with Gasteiger partial charge in [-0.2, -0.15) is 0 Å². The highest BCUT2D eigenvalue weighted by molar-refractivity contribution is 5.79. The van der Waals surface area contributed by atoms with Crippen molar-refractivity contribution in [2.75, 3.05) is 0 Å². The fourth-order valence-corrected chi connectivity index (χ4v) is 1.25. The minimum atomic E-state index is -0.876. The summed E-state index contributed by atoms with van der Waals surface area (Å²) in [6.45, 7) is 3.67. The number of rotatable bonds is 10. The zero-order valence-electron chi connectivity index (χ0n) is 10.3. The Balaban J connectivity index is 3.33. The fraction of sp³-hybridized carbons (Fsp3) is 0.400. The first kappa shape index (κ1) is 15.4. The van der Waals surface area contributed by atoms with E-state index in [1.54, 1.807) is 6.08 Å². The summed E-state index contributed by atoms with van der Waals surface area (Å²) in [6.07, 6.45) is 19.4. The van der Waals surface area contributed by atoms with Gasteiger partial charge in [-0.1, -0.05) is 36.5 Å². The molecule has 0 aliphatic heterocycles. The van der Waals surface area contributed by atoms with E-state index in [0.29, 0.717) is 0 Å². The molecule has 0 fully saturated rings. The van der Waals surface area contributed by atoms with Crippen molar-refractivity contribution in [3.8, 4) is 0 Å². The second-order valence-corrected chi connectivity index (χ2v) is 3.70. The van der Waals surface area contributed by atoms with E-state index in [9.17, 15) is 4.79 Å². The lowest BCUT2D eigenvalue weighted by Crippen LogP contribution is -1.85. The maximum atomic E-state index is 10.2.